The first-order chi connectivity index (χ1) is 20.6. The van der Waals surface area contributed by atoms with E-state index in [1.54, 1.807) is 34.6 Å². The van der Waals surface area contributed by atoms with E-state index in [1.165, 1.54) is 24.5 Å². The number of pyridine rings is 2. The highest BCUT2D eigenvalue weighted by Gasteiger charge is 2.35. The van der Waals surface area contributed by atoms with Crippen molar-refractivity contribution in [3.8, 4) is 17.0 Å². The van der Waals surface area contributed by atoms with Crippen LogP contribution in [0.4, 0.5) is 36.0 Å². The molecule has 3 aromatic rings. The van der Waals surface area contributed by atoms with Crippen molar-refractivity contribution in [1.29, 1.82) is 0 Å². The van der Waals surface area contributed by atoms with Gasteiger partial charge in [-0.1, -0.05) is 0 Å². The average molecular weight is 612 g/mol. The molecule has 0 radical (unpaired) electrons. The summed E-state index contributed by atoms with van der Waals surface area (Å²) in [5.74, 6) is -0.632. The Morgan fingerprint density at radius 1 is 1.14 bits per heavy atom. The minimum Gasteiger partial charge on any atom is -0.474 e. The number of carboxylic acid groups (broad SMARTS) is 1. The Kier molecular flexibility index (Phi) is 7.97. The molecule has 1 fully saturated rings. The van der Waals surface area contributed by atoms with Crippen LogP contribution in [0.25, 0.3) is 21.9 Å². The van der Waals surface area contributed by atoms with Crippen molar-refractivity contribution in [2.75, 3.05) is 28.7 Å². The molecule has 1 saturated carbocycles. The maximum absolute atomic E-state index is 16.4. The molecule has 234 valence electrons. The van der Waals surface area contributed by atoms with Crippen LogP contribution in [0, 0.1) is 12.7 Å². The van der Waals surface area contributed by atoms with Crippen LogP contribution in [0.3, 0.4) is 0 Å². The van der Waals surface area contributed by atoms with Crippen molar-refractivity contribution in [3.05, 3.63) is 35.9 Å². The number of nitrogens with zero attached hydrogens (tertiary/aromatic N) is 3. The summed E-state index contributed by atoms with van der Waals surface area (Å²) in [5, 5.41) is 25.6. The Bertz CT molecular complexity index is 1650. The lowest BCUT2D eigenvalue weighted by atomic mass is 9.96. The molecule has 0 unspecified atom stereocenters. The SMILES string of the molecule is Cc1c(-c2cc3cc(NC(=O)O[C@H]4CC[C@](C)(O)C4)ncc3c(NC(=O)OC(C)(C)C)c2F)cnc2c1N(C(=O)O)CCO2. The molecule has 14 heteroatoms. The second-order valence-corrected chi connectivity index (χ2v) is 12.2. The minimum absolute atomic E-state index is 0.000171. The number of carbonyl (C=O) groups excluding carboxylic acids is 2. The fourth-order valence-electron chi connectivity index (χ4n) is 5.42. The van der Waals surface area contributed by atoms with E-state index in [0.717, 1.165) is 4.90 Å². The van der Waals surface area contributed by atoms with Crippen LogP contribution < -0.4 is 20.3 Å². The summed E-state index contributed by atoms with van der Waals surface area (Å²) in [7, 11) is 0. The highest BCUT2D eigenvalue weighted by molar-refractivity contribution is 6.04. The first kappa shape index (κ1) is 30.7. The number of aromatic nitrogens is 2. The topological polar surface area (TPSA) is 172 Å². The van der Waals surface area contributed by atoms with Gasteiger partial charge < -0.3 is 24.4 Å². The molecule has 1 aliphatic carbocycles. The molecule has 44 heavy (non-hydrogen) atoms. The Balaban J connectivity index is 1.57. The number of hydrogen-bond donors (Lipinski definition) is 4. The van der Waals surface area contributed by atoms with Crippen LogP contribution in [-0.4, -0.2) is 68.9 Å². The van der Waals surface area contributed by atoms with E-state index in [-0.39, 0.29) is 52.7 Å². The monoisotopic (exact) mass is 611 g/mol. The fourth-order valence-corrected chi connectivity index (χ4v) is 5.42. The molecule has 13 nitrogen and oxygen atoms in total. The number of rotatable bonds is 4. The summed E-state index contributed by atoms with van der Waals surface area (Å²) in [6.07, 6.45) is 0.671. The van der Waals surface area contributed by atoms with Gasteiger partial charge in [-0.3, -0.25) is 15.5 Å². The van der Waals surface area contributed by atoms with E-state index in [0.29, 0.717) is 30.2 Å². The predicted molar refractivity (Wildman–Crippen MR) is 159 cm³/mol. The maximum atomic E-state index is 16.4. The van der Waals surface area contributed by atoms with E-state index in [9.17, 15) is 24.6 Å². The predicted octanol–water partition coefficient (Wildman–Crippen LogP) is 5.82. The molecule has 1 aromatic carbocycles. The molecule has 0 saturated heterocycles. The third kappa shape index (κ3) is 6.44. The van der Waals surface area contributed by atoms with Crippen LogP contribution >= 0.6 is 0 Å². The van der Waals surface area contributed by atoms with Crippen LogP contribution in [-0.2, 0) is 9.47 Å². The standard InChI is InChI=1S/C30H34FN5O8/c1-15-19(13-33-25-24(15)36(28(39)40)8-9-42-25)18-10-16-11-21(34-26(37)43-17-6-7-30(5,41)12-17)32-14-20(16)23(22(18)31)35-27(38)44-29(2,3)4/h10-11,13-14,17,41H,6-9,12H2,1-5H3,(H,35,38)(H,39,40)(H,32,34,37)/t17-,30-/m0/s1. The average Bonchev–Trinajstić information content (AvgIpc) is 3.26. The molecule has 2 aliphatic rings. The molecular weight excluding hydrogens is 577 g/mol. The zero-order valence-corrected chi connectivity index (χ0v) is 25.0. The van der Waals surface area contributed by atoms with Crippen molar-refractivity contribution >= 4 is 46.2 Å². The second kappa shape index (κ2) is 11.4. The summed E-state index contributed by atoms with van der Waals surface area (Å²) >= 11 is 0. The summed E-state index contributed by atoms with van der Waals surface area (Å²) in [6.45, 7) is 8.49. The minimum atomic E-state index is -1.21. The number of amides is 3. The van der Waals surface area contributed by atoms with Crippen molar-refractivity contribution in [2.45, 2.75) is 71.2 Å². The summed E-state index contributed by atoms with van der Waals surface area (Å²) in [6, 6.07) is 2.97. The van der Waals surface area contributed by atoms with Gasteiger partial charge in [0.05, 0.1) is 17.8 Å². The number of anilines is 3. The Labute approximate surface area is 252 Å². The number of carbonyl (C=O) groups is 3. The highest BCUT2D eigenvalue weighted by atomic mass is 19.1. The van der Waals surface area contributed by atoms with Gasteiger partial charge in [-0.25, -0.2) is 28.7 Å². The normalized spacial score (nSPS) is 19.6. The third-order valence-electron chi connectivity index (χ3n) is 7.38. The zero-order chi connectivity index (χ0) is 32.0. The Morgan fingerprint density at radius 3 is 2.55 bits per heavy atom. The first-order valence-corrected chi connectivity index (χ1v) is 14.1. The third-order valence-corrected chi connectivity index (χ3v) is 7.38. The van der Waals surface area contributed by atoms with E-state index in [1.807, 2.05) is 0 Å². The van der Waals surface area contributed by atoms with E-state index >= 15 is 4.39 Å². The van der Waals surface area contributed by atoms with Gasteiger partial charge in [0, 0.05) is 35.3 Å². The lowest BCUT2D eigenvalue weighted by Crippen LogP contribution is -2.37. The Morgan fingerprint density at radius 2 is 1.89 bits per heavy atom. The fraction of sp³-hybridized carbons (Fsp3) is 0.433. The van der Waals surface area contributed by atoms with Crippen molar-refractivity contribution < 1.29 is 43.2 Å². The molecule has 3 heterocycles. The molecule has 3 amide bonds. The summed E-state index contributed by atoms with van der Waals surface area (Å²) in [4.78, 5) is 46.9. The molecule has 4 N–H and O–H groups in total. The van der Waals surface area contributed by atoms with Crippen LogP contribution in [0.5, 0.6) is 5.88 Å². The molecule has 0 bridgehead atoms. The first-order valence-electron chi connectivity index (χ1n) is 14.1. The van der Waals surface area contributed by atoms with E-state index < -0.39 is 41.4 Å². The van der Waals surface area contributed by atoms with Gasteiger partial charge in [0.2, 0.25) is 5.88 Å². The molecular formula is C30H34FN5O8. The van der Waals surface area contributed by atoms with Gasteiger partial charge in [0.25, 0.3) is 0 Å². The summed E-state index contributed by atoms with van der Waals surface area (Å²) in [5.41, 5.74) is -1.16. The maximum Gasteiger partial charge on any atom is 0.413 e. The number of halogens is 1. The van der Waals surface area contributed by atoms with Crippen molar-refractivity contribution in [3.63, 3.8) is 0 Å². The number of aliphatic hydroxyl groups is 1. The lowest BCUT2D eigenvalue weighted by Gasteiger charge is -2.29. The van der Waals surface area contributed by atoms with Crippen LogP contribution in [0.2, 0.25) is 0 Å². The van der Waals surface area contributed by atoms with E-state index in [4.69, 9.17) is 14.2 Å². The molecule has 0 spiro atoms. The number of hydrogen-bond acceptors (Lipinski definition) is 9. The van der Waals surface area contributed by atoms with Gasteiger partial charge in [-0.15, -0.1) is 0 Å². The zero-order valence-electron chi connectivity index (χ0n) is 25.0. The lowest BCUT2D eigenvalue weighted by molar-refractivity contribution is 0.0452. The quantitative estimate of drug-likeness (QED) is 0.282. The number of fused-ring (bicyclic) bond motifs is 2. The van der Waals surface area contributed by atoms with Crippen molar-refractivity contribution in [2.24, 2.45) is 0 Å². The van der Waals surface area contributed by atoms with E-state index in [2.05, 4.69) is 20.6 Å². The molecule has 2 atom stereocenters. The number of benzene rings is 1. The smallest absolute Gasteiger partial charge is 0.413 e. The second-order valence-electron chi connectivity index (χ2n) is 12.2. The van der Waals surface area contributed by atoms with Gasteiger partial charge in [-0.05, 0) is 70.5 Å². The number of nitrogens with one attached hydrogen (secondary N) is 2. The Hall–Kier alpha value is -4.72. The van der Waals surface area contributed by atoms with Crippen LogP contribution in [0.15, 0.2) is 24.5 Å². The van der Waals surface area contributed by atoms with Crippen LogP contribution in [0.1, 0.15) is 52.5 Å². The molecule has 1 aliphatic heterocycles. The molecule has 5 rings (SSSR count). The van der Waals surface area contributed by atoms with Gasteiger partial charge in [0.15, 0.2) is 5.82 Å². The molecule has 2 aromatic heterocycles. The highest BCUT2D eigenvalue weighted by Crippen LogP contribution is 2.42. The largest absolute Gasteiger partial charge is 0.474 e. The van der Waals surface area contributed by atoms with Gasteiger partial charge in [-0.2, -0.15) is 0 Å². The van der Waals surface area contributed by atoms with Gasteiger partial charge >= 0.3 is 18.3 Å². The van der Waals surface area contributed by atoms with Crippen molar-refractivity contribution in [1.82, 2.24) is 9.97 Å². The summed E-state index contributed by atoms with van der Waals surface area (Å²) < 4.78 is 32.7. The number of ether oxygens (including phenoxy) is 3. The van der Waals surface area contributed by atoms with Gasteiger partial charge in [0.1, 0.15) is 29.8 Å².